The standard InChI is InChI=1S/C16H18N4OS/c1-10-7-5-6-8-13(10)15-17-18-16(20(15)4)22-9-14-11(2)19-21-12(14)3/h5-8H,9H2,1-4H3. The smallest absolute Gasteiger partial charge is 0.191 e. The zero-order chi connectivity index (χ0) is 15.7. The Balaban J connectivity index is 1.84. The summed E-state index contributed by atoms with van der Waals surface area (Å²) in [6, 6.07) is 8.21. The number of thioether (sulfide) groups is 1. The molecule has 0 aliphatic rings. The molecule has 6 heteroatoms. The van der Waals surface area contributed by atoms with Gasteiger partial charge in [-0.05, 0) is 26.3 Å². The molecule has 0 amide bonds. The van der Waals surface area contributed by atoms with Crippen molar-refractivity contribution in [3.05, 3.63) is 46.8 Å². The molecule has 0 aliphatic heterocycles. The summed E-state index contributed by atoms with van der Waals surface area (Å²) in [6.45, 7) is 5.98. The number of aromatic nitrogens is 4. The van der Waals surface area contributed by atoms with Crippen LogP contribution >= 0.6 is 11.8 Å². The quantitative estimate of drug-likeness (QED) is 0.687. The fourth-order valence-corrected chi connectivity index (χ4v) is 3.41. The van der Waals surface area contributed by atoms with E-state index in [1.54, 1.807) is 11.8 Å². The van der Waals surface area contributed by atoms with E-state index in [2.05, 4.69) is 34.4 Å². The van der Waals surface area contributed by atoms with E-state index in [9.17, 15) is 0 Å². The van der Waals surface area contributed by atoms with E-state index >= 15 is 0 Å². The Morgan fingerprint density at radius 3 is 2.59 bits per heavy atom. The van der Waals surface area contributed by atoms with Gasteiger partial charge >= 0.3 is 0 Å². The van der Waals surface area contributed by atoms with Crippen LogP contribution in [0.1, 0.15) is 22.6 Å². The Labute approximate surface area is 133 Å². The molecule has 0 spiro atoms. The summed E-state index contributed by atoms with van der Waals surface area (Å²) >= 11 is 1.64. The summed E-state index contributed by atoms with van der Waals surface area (Å²) in [5.41, 5.74) is 4.37. The SMILES string of the molecule is Cc1ccccc1-c1nnc(SCc2c(C)noc2C)n1C. The molecule has 3 aromatic rings. The molecule has 2 aromatic heterocycles. The van der Waals surface area contributed by atoms with Crippen LogP contribution in [-0.2, 0) is 12.8 Å². The van der Waals surface area contributed by atoms with Gasteiger partial charge in [0.25, 0.3) is 0 Å². The lowest BCUT2D eigenvalue weighted by molar-refractivity contribution is 0.392. The molecule has 3 rings (SSSR count). The van der Waals surface area contributed by atoms with Crippen LogP contribution in [0.25, 0.3) is 11.4 Å². The number of rotatable bonds is 4. The van der Waals surface area contributed by atoms with Gasteiger partial charge in [0, 0.05) is 23.9 Å². The maximum absolute atomic E-state index is 5.20. The summed E-state index contributed by atoms with van der Waals surface area (Å²) in [5.74, 6) is 2.53. The summed E-state index contributed by atoms with van der Waals surface area (Å²) < 4.78 is 7.23. The average molecular weight is 314 g/mol. The van der Waals surface area contributed by atoms with E-state index in [1.165, 1.54) is 5.56 Å². The van der Waals surface area contributed by atoms with Crippen molar-refractivity contribution < 1.29 is 4.52 Å². The number of aryl methyl sites for hydroxylation is 3. The van der Waals surface area contributed by atoms with Crippen LogP contribution in [0.2, 0.25) is 0 Å². The van der Waals surface area contributed by atoms with Crippen molar-refractivity contribution in [1.82, 2.24) is 19.9 Å². The highest BCUT2D eigenvalue weighted by Gasteiger charge is 2.15. The summed E-state index contributed by atoms with van der Waals surface area (Å²) in [4.78, 5) is 0. The molecule has 0 radical (unpaired) electrons. The van der Waals surface area contributed by atoms with Crippen LogP contribution in [0.5, 0.6) is 0 Å². The predicted octanol–water partition coefficient (Wildman–Crippen LogP) is 3.69. The highest BCUT2D eigenvalue weighted by molar-refractivity contribution is 7.98. The first-order valence-corrected chi connectivity index (χ1v) is 8.06. The molecular formula is C16H18N4OS. The van der Waals surface area contributed by atoms with Gasteiger partial charge in [0.1, 0.15) is 5.76 Å². The van der Waals surface area contributed by atoms with Crippen LogP contribution in [0.4, 0.5) is 0 Å². The maximum Gasteiger partial charge on any atom is 0.191 e. The third kappa shape index (κ3) is 2.66. The summed E-state index contributed by atoms with van der Waals surface area (Å²) in [5, 5.41) is 13.5. The third-order valence-electron chi connectivity index (χ3n) is 3.75. The molecule has 0 fully saturated rings. The highest BCUT2D eigenvalue weighted by Crippen LogP contribution is 2.28. The number of hydrogen-bond acceptors (Lipinski definition) is 5. The fourth-order valence-electron chi connectivity index (χ4n) is 2.34. The van der Waals surface area contributed by atoms with Crippen LogP contribution in [0, 0.1) is 20.8 Å². The van der Waals surface area contributed by atoms with Gasteiger partial charge < -0.3 is 9.09 Å². The zero-order valence-corrected chi connectivity index (χ0v) is 13.9. The average Bonchev–Trinajstić information content (AvgIpc) is 3.02. The molecule has 0 saturated carbocycles. The molecule has 0 aliphatic carbocycles. The van der Waals surface area contributed by atoms with Gasteiger partial charge in [-0.1, -0.05) is 41.2 Å². The van der Waals surface area contributed by atoms with Gasteiger partial charge in [-0.2, -0.15) is 0 Å². The molecule has 0 unspecified atom stereocenters. The topological polar surface area (TPSA) is 56.7 Å². The fraction of sp³-hybridized carbons (Fsp3) is 0.312. The minimum Gasteiger partial charge on any atom is -0.361 e. The molecule has 0 N–H and O–H groups in total. The van der Waals surface area contributed by atoms with Crippen LogP contribution < -0.4 is 0 Å². The molecule has 1 aromatic carbocycles. The van der Waals surface area contributed by atoms with Crippen molar-refractivity contribution in [3.8, 4) is 11.4 Å². The van der Waals surface area contributed by atoms with Crippen LogP contribution in [-0.4, -0.2) is 19.9 Å². The Bertz CT molecular complexity index is 787. The molecule has 114 valence electrons. The van der Waals surface area contributed by atoms with Crippen LogP contribution in [0.3, 0.4) is 0 Å². The van der Waals surface area contributed by atoms with Crippen molar-refractivity contribution in [3.63, 3.8) is 0 Å². The largest absolute Gasteiger partial charge is 0.361 e. The van der Waals surface area contributed by atoms with E-state index in [0.29, 0.717) is 0 Å². The molecule has 0 saturated heterocycles. The number of benzene rings is 1. The van der Waals surface area contributed by atoms with Gasteiger partial charge in [0.05, 0.1) is 5.69 Å². The van der Waals surface area contributed by atoms with Crippen LogP contribution in [0.15, 0.2) is 33.9 Å². The zero-order valence-electron chi connectivity index (χ0n) is 13.1. The van der Waals surface area contributed by atoms with E-state index in [-0.39, 0.29) is 0 Å². The monoisotopic (exact) mass is 314 g/mol. The normalized spacial score (nSPS) is 11.1. The van der Waals surface area contributed by atoms with Crippen molar-refractivity contribution in [2.45, 2.75) is 31.7 Å². The second-order valence-electron chi connectivity index (χ2n) is 5.27. The second kappa shape index (κ2) is 5.96. The summed E-state index contributed by atoms with van der Waals surface area (Å²) in [7, 11) is 2.00. The first-order valence-electron chi connectivity index (χ1n) is 7.08. The maximum atomic E-state index is 5.20. The highest BCUT2D eigenvalue weighted by atomic mass is 32.2. The first kappa shape index (κ1) is 14.8. The van der Waals surface area contributed by atoms with E-state index in [0.717, 1.165) is 39.3 Å². The van der Waals surface area contributed by atoms with Crippen molar-refractivity contribution >= 4 is 11.8 Å². The Kier molecular flexibility index (Phi) is 4.02. The van der Waals surface area contributed by atoms with Crippen molar-refractivity contribution in [2.24, 2.45) is 7.05 Å². The second-order valence-corrected chi connectivity index (χ2v) is 6.21. The Hall–Kier alpha value is -2.08. The Morgan fingerprint density at radius 2 is 1.91 bits per heavy atom. The summed E-state index contributed by atoms with van der Waals surface area (Å²) in [6.07, 6.45) is 0. The van der Waals surface area contributed by atoms with E-state index in [1.807, 2.05) is 37.6 Å². The molecule has 5 nitrogen and oxygen atoms in total. The van der Waals surface area contributed by atoms with E-state index < -0.39 is 0 Å². The molecule has 0 atom stereocenters. The molecule has 2 heterocycles. The molecular weight excluding hydrogens is 296 g/mol. The van der Waals surface area contributed by atoms with Gasteiger partial charge in [0.2, 0.25) is 0 Å². The van der Waals surface area contributed by atoms with Gasteiger partial charge in [-0.3, -0.25) is 0 Å². The lowest BCUT2D eigenvalue weighted by atomic mass is 10.1. The van der Waals surface area contributed by atoms with Crippen molar-refractivity contribution in [1.29, 1.82) is 0 Å². The lowest BCUT2D eigenvalue weighted by Gasteiger charge is -2.06. The minimum absolute atomic E-state index is 0.779. The van der Waals surface area contributed by atoms with E-state index in [4.69, 9.17) is 4.52 Å². The third-order valence-corrected chi connectivity index (χ3v) is 4.79. The Morgan fingerprint density at radius 1 is 1.14 bits per heavy atom. The van der Waals surface area contributed by atoms with Crippen molar-refractivity contribution in [2.75, 3.05) is 0 Å². The molecule has 22 heavy (non-hydrogen) atoms. The first-order chi connectivity index (χ1) is 10.6. The number of nitrogens with zero attached hydrogens (tertiary/aromatic N) is 4. The van der Waals surface area contributed by atoms with Gasteiger partial charge in [0.15, 0.2) is 11.0 Å². The molecule has 0 bridgehead atoms. The van der Waals surface area contributed by atoms with Gasteiger partial charge in [-0.25, -0.2) is 0 Å². The lowest BCUT2D eigenvalue weighted by Crippen LogP contribution is -1.96. The predicted molar refractivity (Wildman–Crippen MR) is 86.7 cm³/mol. The minimum atomic E-state index is 0.779. The number of hydrogen-bond donors (Lipinski definition) is 0. The van der Waals surface area contributed by atoms with Gasteiger partial charge in [-0.15, -0.1) is 10.2 Å².